The topological polar surface area (TPSA) is 120 Å². The van der Waals surface area contributed by atoms with E-state index in [9.17, 15) is 25.2 Å². The molecule has 3 aromatic rings. The van der Waals surface area contributed by atoms with Crippen LogP contribution in [0.25, 0.3) is 22.1 Å². The van der Waals surface area contributed by atoms with Crippen molar-refractivity contribution in [2.24, 2.45) is 0 Å². The number of hydrogen-bond donors (Lipinski definition) is 4. The lowest BCUT2D eigenvalue weighted by atomic mass is 9.88. The molecule has 0 bridgehead atoms. The van der Waals surface area contributed by atoms with Crippen LogP contribution in [-0.4, -0.2) is 32.1 Å². The Hall–Kier alpha value is -3.45. The monoisotopic (exact) mass is 438 g/mol. The number of allylic oxidation sites excluding steroid dienone is 2. The smallest absolute Gasteiger partial charge is 0.204 e. The third-order valence-corrected chi connectivity index (χ3v) is 5.94. The van der Waals surface area contributed by atoms with Crippen LogP contribution in [0, 0.1) is 0 Å². The quantitative estimate of drug-likeness (QED) is 0.453. The first-order valence-electron chi connectivity index (χ1n) is 10.4. The van der Waals surface area contributed by atoms with Gasteiger partial charge in [-0.3, -0.25) is 4.79 Å². The molecule has 168 valence electrons. The lowest BCUT2D eigenvalue weighted by Gasteiger charge is -2.37. The van der Waals surface area contributed by atoms with E-state index in [1.807, 2.05) is 19.9 Å². The van der Waals surface area contributed by atoms with Crippen molar-refractivity contribution in [1.82, 2.24) is 0 Å². The van der Waals surface area contributed by atoms with Crippen LogP contribution in [0.3, 0.4) is 0 Å². The third kappa shape index (κ3) is 3.48. The molecule has 0 saturated carbocycles. The number of phenols is 3. The van der Waals surface area contributed by atoms with Gasteiger partial charge in [0.05, 0.1) is 11.7 Å². The number of aromatic hydroxyl groups is 3. The Bertz CT molecular complexity index is 1310. The van der Waals surface area contributed by atoms with Gasteiger partial charge in [-0.15, -0.1) is 0 Å². The van der Waals surface area contributed by atoms with Crippen molar-refractivity contribution in [2.75, 3.05) is 0 Å². The molecule has 1 aliphatic heterocycles. The second-order valence-electron chi connectivity index (χ2n) is 8.92. The van der Waals surface area contributed by atoms with Gasteiger partial charge in [-0.25, -0.2) is 0 Å². The van der Waals surface area contributed by atoms with E-state index >= 15 is 0 Å². The molecule has 1 aliphatic rings. The largest absolute Gasteiger partial charge is 0.507 e. The van der Waals surface area contributed by atoms with Gasteiger partial charge in [-0.2, -0.15) is 0 Å². The molecule has 4 rings (SSSR count). The Morgan fingerprint density at radius 2 is 1.88 bits per heavy atom. The minimum Gasteiger partial charge on any atom is -0.507 e. The Kier molecular flexibility index (Phi) is 5.17. The Balaban J connectivity index is 1.90. The molecule has 32 heavy (non-hydrogen) atoms. The molecular weight excluding hydrogens is 412 g/mol. The molecular formula is C25H26O7. The fourth-order valence-corrected chi connectivity index (χ4v) is 3.91. The summed E-state index contributed by atoms with van der Waals surface area (Å²) in [6, 6.07) is 4.48. The normalized spacial score (nSPS) is 17.0. The van der Waals surface area contributed by atoms with E-state index < -0.39 is 17.1 Å². The molecule has 0 amide bonds. The predicted molar refractivity (Wildman–Crippen MR) is 120 cm³/mol. The van der Waals surface area contributed by atoms with Gasteiger partial charge in [0.15, 0.2) is 0 Å². The molecule has 4 N–H and O–H groups in total. The van der Waals surface area contributed by atoms with E-state index in [1.165, 1.54) is 12.3 Å². The SMILES string of the molecule is CC(C)=CCc1c(O)cc2occ(-c3ccc4c(c3O)CC(O)C(C)(C)O4)c(=O)c2c1O. The van der Waals surface area contributed by atoms with Crippen molar-refractivity contribution < 1.29 is 29.6 Å². The highest BCUT2D eigenvalue weighted by Crippen LogP contribution is 2.43. The average molecular weight is 438 g/mol. The summed E-state index contributed by atoms with van der Waals surface area (Å²) in [6.07, 6.45) is 2.58. The molecule has 2 heterocycles. The molecule has 1 aromatic heterocycles. The fraction of sp³-hybridized carbons (Fsp3) is 0.320. The minimum absolute atomic E-state index is 0.0349. The first-order valence-corrected chi connectivity index (χ1v) is 10.4. The molecule has 7 nitrogen and oxygen atoms in total. The van der Waals surface area contributed by atoms with E-state index in [0.29, 0.717) is 11.3 Å². The van der Waals surface area contributed by atoms with Crippen LogP contribution in [0.4, 0.5) is 0 Å². The maximum atomic E-state index is 13.3. The summed E-state index contributed by atoms with van der Waals surface area (Å²) < 4.78 is 11.4. The molecule has 7 heteroatoms. The van der Waals surface area contributed by atoms with Gasteiger partial charge in [0, 0.05) is 29.2 Å². The fourth-order valence-electron chi connectivity index (χ4n) is 3.91. The van der Waals surface area contributed by atoms with Crippen LogP contribution in [0.5, 0.6) is 23.0 Å². The van der Waals surface area contributed by atoms with Gasteiger partial charge < -0.3 is 29.6 Å². The summed E-state index contributed by atoms with van der Waals surface area (Å²) in [6.45, 7) is 7.30. The lowest BCUT2D eigenvalue weighted by molar-refractivity contribution is -0.0416. The molecule has 0 fully saturated rings. The van der Waals surface area contributed by atoms with Gasteiger partial charge in [-0.1, -0.05) is 11.6 Å². The Morgan fingerprint density at radius 1 is 1.16 bits per heavy atom. The van der Waals surface area contributed by atoms with E-state index in [2.05, 4.69) is 0 Å². The second kappa shape index (κ2) is 7.60. The second-order valence-corrected chi connectivity index (χ2v) is 8.92. The molecule has 0 saturated heterocycles. The van der Waals surface area contributed by atoms with Crippen molar-refractivity contribution in [2.45, 2.75) is 52.2 Å². The van der Waals surface area contributed by atoms with Crippen LogP contribution in [0.15, 0.2) is 45.3 Å². The van der Waals surface area contributed by atoms with Gasteiger partial charge >= 0.3 is 0 Å². The van der Waals surface area contributed by atoms with Crippen LogP contribution in [0.1, 0.15) is 38.8 Å². The Labute approximate surface area is 184 Å². The zero-order valence-electron chi connectivity index (χ0n) is 18.4. The summed E-state index contributed by atoms with van der Waals surface area (Å²) in [5.41, 5.74) is 0.543. The van der Waals surface area contributed by atoms with E-state index in [1.54, 1.807) is 26.0 Å². The standard InChI is InChI=1S/C25H26O7/c1-12(2)5-6-14-17(26)10-19-21(23(14)29)24(30)16(11-31-19)13-7-8-18-15(22(13)28)9-20(27)25(3,4)32-18/h5,7-8,10-11,20,26-29H,6,9H2,1-4H3. The van der Waals surface area contributed by atoms with Gasteiger partial charge in [0.2, 0.25) is 5.43 Å². The maximum Gasteiger partial charge on any atom is 0.204 e. The van der Waals surface area contributed by atoms with E-state index in [0.717, 1.165) is 5.57 Å². The molecule has 0 spiro atoms. The predicted octanol–water partition coefficient (Wildman–Crippen LogP) is 4.16. The van der Waals surface area contributed by atoms with E-state index in [-0.39, 0.29) is 57.7 Å². The first kappa shape index (κ1) is 21.8. The summed E-state index contributed by atoms with van der Waals surface area (Å²) in [5, 5.41) is 42.3. The molecule has 1 atom stereocenters. The maximum absolute atomic E-state index is 13.3. The number of hydrogen-bond acceptors (Lipinski definition) is 7. The highest BCUT2D eigenvalue weighted by atomic mass is 16.5. The lowest BCUT2D eigenvalue weighted by Crippen LogP contribution is -2.46. The van der Waals surface area contributed by atoms with Crippen molar-refractivity contribution >= 4 is 11.0 Å². The number of ether oxygens (including phenoxy) is 1. The van der Waals surface area contributed by atoms with Crippen LogP contribution < -0.4 is 10.2 Å². The molecule has 2 aromatic carbocycles. The highest BCUT2D eigenvalue weighted by Gasteiger charge is 2.37. The number of aliphatic hydroxyl groups is 1. The van der Waals surface area contributed by atoms with Crippen molar-refractivity contribution in [3.63, 3.8) is 0 Å². The average Bonchev–Trinajstić information content (AvgIpc) is 2.70. The number of fused-ring (bicyclic) bond motifs is 2. The third-order valence-electron chi connectivity index (χ3n) is 5.94. The summed E-state index contributed by atoms with van der Waals surface area (Å²) in [7, 11) is 0. The van der Waals surface area contributed by atoms with Crippen molar-refractivity contribution in [1.29, 1.82) is 0 Å². The number of phenolic OH excluding ortho intramolecular Hbond substituents is 3. The highest BCUT2D eigenvalue weighted by molar-refractivity contribution is 5.90. The van der Waals surface area contributed by atoms with Gasteiger partial charge in [-0.05, 0) is 46.2 Å². The number of benzene rings is 2. The number of aliphatic hydroxyl groups excluding tert-OH is 1. The van der Waals surface area contributed by atoms with Crippen LogP contribution >= 0.6 is 0 Å². The zero-order valence-corrected chi connectivity index (χ0v) is 18.4. The first-order chi connectivity index (χ1) is 15.0. The Morgan fingerprint density at radius 3 is 2.56 bits per heavy atom. The number of rotatable bonds is 3. The van der Waals surface area contributed by atoms with Gasteiger partial charge in [0.1, 0.15) is 45.8 Å². The zero-order chi connectivity index (χ0) is 23.4. The minimum atomic E-state index is -0.839. The molecule has 0 radical (unpaired) electrons. The summed E-state index contributed by atoms with van der Waals surface area (Å²) in [4.78, 5) is 13.3. The van der Waals surface area contributed by atoms with Crippen LogP contribution in [-0.2, 0) is 12.8 Å². The summed E-state index contributed by atoms with van der Waals surface area (Å²) in [5.74, 6) is -0.282. The van der Waals surface area contributed by atoms with Gasteiger partial charge in [0.25, 0.3) is 0 Å². The van der Waals surface area contributed by atoms with Crippen molar-refractivity contribution in [3.05, 3.63) is 57.5 Å². The molecule has 1 unspecified atom stereocenters. The molecule has 0 aliphatic carbocycles. The van der Waals surface area contributed by atoms with E-state index in [4.69, 9.17) is 9.15 Å². The summed E-state index contributed by atoms with van der Waals surface area (Å²) >= 11 is 0. The van der Waals surface area contributed by atoms with Crippen LogP contribution in [0.2, 0.25) is 0 Å². The van der Waals surface area contributed by atoms with Crippen molar-refractivity contribution in [3.8, 4) is 34.1 Å².